The number of carbonyl (C=O) groups is 1. The van der Waals surface area contributed by atoms with Gasteiger partial charge in [-0.2, -0.15) is 0 Å². The van der Waals surface area contributed by atoms with E-state index in [-0.39, 0.29) is 5.91 Å². The average molecular weight is 292 g/mol. The number of carbonyl (C=O) groups excluding carboxylic acids is 1. The molecule has 1 amide bonds. The van der Waals surface area contributed by atoms with E-state index in [1.165, 1.54) is 6.42 Å². The van der Waals surface area contributed by atoms with Gasteiger partial charge in [0.05, 0.1) is 6.61 Å². The van der Waals surface area contributed by atoms with Crippen molar-refractivity contribution >= 4 is 11.7 Å². The highest BCUT2D eigenvalue weighted by atomic mass is 16.5. The van der Waals surface area contributed by atoms with Crippen LogP contribution in [-0.2, 0) is 4.74 Å². The van der Waals surface area contributed by atoms with Crippen LogP contribution in [0.3, 0.4) is 0 Å². The van der Waals surface area contributed by atoms with E-state index in [1.54, 1.807) is 25.3 Å². The highest BCUT2D eigenvalue weighted by Crippen LogP contribution is 2.15. The van der Waals surface area contributed by atoms with Crippen molar-refractivity contribution < 1.29 is 9.53 Å². The maximum atomic E-state index is 12.0. The Morgan fingerprint density at radius 1 is 1.57 bits per heavy atom. The minimum Gasteiger partial charge on any atom is -0.384 e. The van der Waals surface area contributed by atoms with Gasteiger partial charge in [-0.05, 0) is 37.4 Å². The molecule has 0 bridgehead atoms. The van der Waals surface area contributed by atoms with Crippen LogP contribution in [0.4, 0.5) is 5.82 Å². The van der Waals surface area contributed by atoms with Gasteiger partial charge in [-0.3, -0.25) is 4.79 Å². The predicted molar refractivity (Wildman–Crippen MR) is 82.0 cm³/mol. The van der Waals surface area contributed by atoms with E-state index < -0.39 is 0 Å². The summed E-state index contributed by atoms with van der Waals surface area (Å²) in [6, 6.07) is 5.09. The normalized spacial score (nSPS) is 19.4. The number of nitrogens with two attached hydrogens (primary N) is 1. The molecule has 6 nitrogen and oxygen atoms in total. The van der Waals surface area contributed by atoms with E-state index in [0.29, 0.717) is 24.0 Å². The molecule has 0 aromatic carbocycles. The molecule has 1 saturated heterocycles. The first kappa shape index (κ1) is 15.7. The molecular formula is C15H24N4O2. The SMILES string of the molecule is COCCN1CCC[C@H](CNC(=O)c2cccc(N)n2)C1. The average Bonchev–Trinajstić information content (AvgIpc) is 2.51. The number of nitrogen functional groups attached to an aromatic ring is 1. The first-order valence-corrected chi connectivity index (χ1v) is 7.41. The van der Waals surface area contributed by atoms with Gasteiger partial charge < -0.3 is 20.7 Å². The van der Waals surface area contributed by atoms with Gasteiger partial charge in [0.15, 0.2) is 0 Å². The van der Waals surface area contributed by atoms with Gasteiger partial charge in [0, 0.05) is 26.7 Å². The number of methoxy groups -OCH3 is 1. The molecule has 2 heterocycles. The fourth-order valence-electron chi connectivity index (χ4n) is 2.65. The number of aromatic nitrogens is 1. The van der Waals surface area contributed by atoms with Gasteiger partial charge in [-0.25, -0.2) is 4.98 Å². The minimum absolute atomic E-state index is 0.156. The Morgan fingerprint density at radius 3 is 3.19 bits per heavy atom. The number of likely N-dealkylation sites (tertiary alicyclic amines) is 1. The van der Waals surface area contributed by atoms with Crippen LogP contribution in [0.1, 0.15) is 23.3 Å². The van der Waals surface area contributed by atoms with Crippen molar-refractivity contribution in [1.29, 1.82) is 0 Å². The number of piperidine rings is 1. The molecule has 0 unspecified atom stereocenters. The van der Waals surface area contributed by atoms with E-state index in [0.717, 1.165) is 32.7 Å². The highest BCUT2D eigenvalue weighted by Gasteiger charge is 2.20. The zero-order valence-corrected chi connectivity index (χ0v) is 12.5. The molecule has 2 rings (SSSR count). The molecule has 1 fully saturated rings. The lowest BCUT2D eigenvalue weighted by Gasteiger charge is -2.32. The van der Waals surface area contributed by atoms with Crippen LogP contribution in [0.25, 0.3) is 0 Å². The molecule has 116 valence electrons. The lowest BCUT2D eigenvalue weighted by molar-refractivity contribution is 0.0908. The highest BCUT2D eigenvalue weighted by molar-refractivity contribution is 5.92. The van der Waals surface area contributed by atoms with Crippen LogP contribution >= 0.6 is 0 Å². The van der Waals surface area contributed by atoms with Crippen LogP contribution < -0.4 is 11.1 Å². The van der Waals surface area contributed by atoms with Crippen LogP contribution in [0.15, 0.2) is 18.2 Å². The van der Waals surface area contributed by atoms with Crippen molar-refractivity contribution in [1.82, 2.24) is 15.2 Å². The fourth-order valence-corrected chi connectivity index (χ4v) is 2.65. The number of nitrogens with one attached hydrogen (secondary N) is 1. The van der Waals surface area contributed by atoms with Crippen molar-refractivity contribution in [3.8, 4) is 0 Å². The van der Waals surface area contributed by atoms with Crippen LogP contribution in [0, 0.1) is 5.92 Å². The van der Waals surface area contributed by atoms with Gasteiger partial charge in [0.2, 0.25) is 0 Å². The molecule has 1 aromatic heterocycles. The second-order valence-corrected chi connectivity index (χ2v) is 5.46. The molecule has 0 aliphatic carbocycles. The summed E-state index contributed by atoms with van der Waals surface area (Å²) >= 11 is 0. The Hall–Kier alpha value is -1.66. The predicted octanol–water partition coefficient (Wildman–Crippen LogP) is 0.752. The van der Waals surface area contributed by atoms with E-state index in [9.17, 15) is 4.79 Å². The molecule has 1 aromatic rings. The molecule has 1 aliphatic heterocycles. The zero-order valence-electron chi connectivity index (χ0n) is 12.5. The smallest absolute Gasteiger partial charge is 0.269 e. The van der Waals surface area contributed by atoms with Gasteiger partial charge >= 0.3 is 0 Å². The molecule has 0 saturated carbocycles. The summed E-state index contributed by atoms with van der Waals surface area (Å²) in [7, 11) is 1.72. The molecule has 1 atom stereocenters. The van der Waals surface area contributed by atoms with Gasteiger partial charge in [0.1, 0.15) is 11.5 Å². The minimum atomic E-state index is -0.156. The van der Waals surface area contributed by atoms with Crippen molar-refractivity contribution in [3.05, 3.63) is 23.9 Å². The number of rotatable bonds is 6. The van der Waals surface area contributed by atoms with Crippen molar-refractivity contribution in [2.24, 2.45) is 5.92 Å². The van der Waals surface area contributed by atoms with Gasteiger partial charge in [-0.1, -0.05) is 6.07 Å². The molecule has 1 aliphatic rings. The number of hydrogen-bond donors (Lipinski definition) is 2. The number of nitrogens with zero attached hydrogens (tertiary/aromatic N) is 2. The summed E-state index contributed by atoms with van der Waals surface area (Å²) in [6.07, 6.45) is 2.31. The zero-order chi connectivity index (χ0) is 15.1. The summed E-state index contributed by atoms with van der Waals surface area (Å²) in [5.41, 5.74) is 5.97. The van der Waals surface area contributed by atoms with Crippen LogP contribution in [-0.4, -0.2) is 55.7 Å². The molecular weight excluding hydrogens is 268 g/mol. The van der Waals surface area contributed by atoms with Gasteiger partial charge in [0.25, 0.3) is 5.91 Å². The molecule has 6 heteroatoms. The Labute approximate surface area is 125 Å². The Morgan fingerprint density at radius 2 is 2.43 bits per heavy atom. The maximum Gasteiger partial charge on any atom is 0.269 e. The van der Waals surface area contributed by atoms with Crippen molar-refractivity contribution in [3.63, 3.8) is 0 Å². The number of ether oxygens (including phenoxy) is 1. The van der Waals surface area contributed by atoms with E-state index in [4.69, 9.17) is 10.5 Å². The fraction of sp³-hybridized carbons (Fsp3) is 0.600. The monoisotopic (exact) mass is 292 g/mol. The third kappa shape index (κ3) is 4.99. The standard InChI is InChI=1S/C15H24N4O2/c1-21-9-8-19-7-3-4-12(11-19)10-17-15(20)13-5-2-6-14(16)18-13/h2,5-6,12H,3-4,7-11H2,1H3,(H2,16,18)(H,17,20)/t12-/m1/s1. The number of anilines is 1. The molecule has 21 heavy (non-hydrogen) atoms. The third-order valence-electron chi connectivity index (χ3n) is 3.77. The summed E-state index contributed by atoms with van der Waals surface area (Å²) < 4.78 is 5.12. The van der Waals surface area contributed by atoms with Gasteiger partial charge in [-0.15, -0.1) is 0 Å². The molecule has 0 radical (unpaired) electrons. The third-order valence-corrected chi connectivity index (χ3v) is 3.77. The summed E-state index contributed by atoms with van der Waals surface area (Å²) in [6.45, 7) is 4.52. The summed E-state index contributed by atoms with van der Waals surface area (Å²) in [5, 5.41) is 2.96. The second kappa shape index (κ2) is 7.95. The van der Waals surface area contributed by atoms with Crippen molar-refractivity contribution in [2.75, 3.05) is 45.6 Å². The Balaban J connectivity index is 1.78. The first-order valence-electron chi connectivity index (χ1n) is 7.41. The Kier molecular flexibility index (Phi) is 5.95. The second-order valence-electron chi connectivity index (χ2n) is 5.46. The van der Waals surface area contributed by atoms with E-state index >= 15 is 0 Å². The number of hydrogen-bond acceptors (Lipinski definition) is 5. The van der Waals surface area contributed by atoms with Crippen LogP contribution in [0.5, 0.6) is 0 Å². The topological polar surface area (TPSA) is 80.5 Å². The molecule has 0 spiro atoms. The maximum absolute atomic E-state index is 12.0. The Bertz CT molecular complexity index is 467. The number of amides is 1. The largest absolute Gasteiger partial charge is 0.384 e. The first-order chi connectivity index (χ1) is 10.2. The number of pyridine rings is 1. The molecule has 3 N–H and O–H groups in total. The lowest BCUT2D eigenvalue weighted by atomic mass is 9.98. The van der Waals surface area contributed by atoms with E-state index in [2.05, 4.69) is 15.2 Å². The van der Waals surface area contributed by atoms with Crippen molar-refractivity contribution in [2.45, 2.75) is 12.8 Å². The van der Waals surface area contributed by atoms with Crippen LogP contribution in [0.2, 0.25) is 0 Å². The summed E-state index contributed by atoms with van der Waals surface area (Å²) in [4.78, 5) is 18.5. The quantitative estimate of drug-likeness (QED) is 0.809. The van der Waals surface area contributed by atoms with E-state index in [1.807, 2.05) is 0 Å². The summed E-state index contributed by atoms with van der Waals surface area (Å²) in [5.74, 6) is 0.697. The lowest BCUT2D eigenvalue weighted by Crippen LogP contribution is -2.42.